The van der Waals surface area contributed by atoms with E-state index in [1.165, 1.54) is 6.21 Å². The fourth-order valence-corrected chi connectivity index (χ4v) is 4.09. The van der Waals surface area contributed by atoms with Crippen molar-refractivity contribution in [2.45, 2.75) is 0 Å². The van der Waals surface area contributed by atoms with Gasteiger partial charge in [0.15, 0.2) is 0 Å². The molecule has 43 heavy (non-hydrogen) atoms. The molecule has 210 valence electrons. The van der Waals surface area contributed by atoms with Crippen molar-refractivity contribution < 1.29 is 14.6 Å². The van der Waals surface area contributed by atoms with Crippen LogP contribution in [0.3, 0.4) is 0 Å². The first-order valence-corrected chi connectivity index (χ1v) is 12.8. The van der Waals surface area contributed by atoms with E-state index in [1.54, 1.807) is 12.2 Å². The zero-order valence-electron chi connectivity index (χ0n) is 22.3. The van der Waals surface area contributed by atoms with Crippen LogP contribution >= 0.6 is 0 Å². The smallest absolute Gasteiger partial charge is 0.266 e. The Morgan fingerprint density at radius 3 is 1.95 bits per heavy atom. The number of nitro groups is 2. The van der Waals surface area contributed by atoms with Gasteiger partial charge in [-0.05, 0) is 17.7 Å². The summed E-state index contributed by atoms with van der Waals surface area (Å²) in [5, 5.41) is 36.6. The molecule has 0 spiro atoms. The molecule has 4 aromatic carbocycles. The second-order valence-electron chi connectivity index (χ2n) is 8.91. The zero-order chi connectivity index (χ0) is 30.2. The number of aromatic nitrogens is 3. The van der Waals surface area contributed by atoms with E-state index in [-0.39, 0.29) is 5.95 Å². The topological polar surface area (TPSA) is 158 Å². The Hall–Kier alpha value is -6.43. The molecule has 1 aromatic heterocycles. The number of nitrogens with zero attached hydrogens (tertiary/aromatic N) is 7. The van der Waals surface area contributed by atoms with Gasteiger partial charge in [0.2, 0.25) is 0 Å². The van der Waals surface area contributed by atoms with Crippen LogP contribution in [0.1, 0.15) is 15.9 Å². The van der Waals surface area contributed by atoms with Crippen LogP contribution in [0.5, 0.6) is 0 Å². The molecule has 0 atom stereocenters. The van der Waals surface area contributed by atoms with Gasteiger partial charge >= 0.3 is 0 Å². The number of hydrogen-bond donors (Lipinski definition) is 0. The Balaban J connectivity index is 1.64. The predicted octanol–water partition coefficient (Wildman–Crippen LogP) is 6.37. The average molecular weight is 572 g/mol. The molecule has 0 aliphatic rings. The lowest BCUT2D eigenvalue weighted by Gasteiger charge is -2.16. The number of rotatable bonds is 9. The maximum absolute atomic E-state index is 13.8. The Kier molecular flexibility index (Phi) is 8.39. The maximum atomic E-state index is 13.8. The summed E-state index contributed by atoms with van der Waals surface area (Å²) in [7, 11) is 0. The van der Waals surface area contributed by atoms with Gasteiger partial charge in [0.25, 0.3) is 23.2 Å². The summed E-state index contributed by atoms with van der Waals surface area (Å²) in [5.41, 5.74) is 1.35. The standard InChI is InChI=1S/C31H21N7O5/c39-30(26-19-18-25(37(40)41)21-27(26)38(42)43)36(32-20-10-13-22-11-4-1-5-12-22)31-33-28(23-14-6-2-7-15-23)29(34-35-31)24-16-8-3-9-17-24/h1-21H/b13-10+,32-20-. The predicted molar refractivity (Wildman–Crippen MR) is 161 cm³/mol. The van der Waals surface area contributed by atoms with Crippen LogP contribution < -0.4 is 5.01 Å². The van der Waals surface area contributed by atoms with Crippen molar-refractivity contribution in [1.82, 2.24) is 15.2 Å². The van der Waals surface area contributed by atoms with Crippen LogP contribution in [-0.4, -0.2) is 37.1 Å². The van der Waals surface area contributed by atoms with Crippen molar-refractivity contribution in [1.29, 1.82) is 0 Å². The largest absolute Gasteiger partial charge is 0.289 e. The molecule has 1 heterocycles. The zero-order valence-corrected chi connectivity index (χ0v) is 22.3. The van der Waals surface area contributed by atoms with Gasteiger partial charge in [-0.15, -0.1) is 10.2 Å². The summed E-state index contributed by atoms with van der Waals surface area (Å²) in [5.74, 6) is -1.25. The highest BCUT2D eigenvalue weighted by Gasteiger charge is 2.30. The second-order valence-corrected chi connectivity index (χ2v) is 8.91. The van der Waals surface area contributed by atoms with E-state index < -0.39 is 32.7 Å². The van der Waals surface area contributed by atoms with E-state index in [1.807, 2.05) is 91.0 Å². The van der Waals surface area contributed by atoms with Gasteiger partial charge < -0.3 is 0 Å². The van der Waals surface area contributed by atoms with E-state index in [0.717, 1.165) is 34.3 Å². The number of allylic oxidation sites excluding steroid dienone is 1. The molecule has 1 amide bonds. The summed E-state index contributed by atoms with van der Waals surface area (Å²) < 4.78 is 0. The van der Waals surface area contributed by atoms with Crippen LogP contribution in [0.25, 0.3) is 28.6 Å². The molecule has 0 radical (unpaired) electrons. The van der Waals surface area contributed by atoms with Crippen LogP contribution in [0.15, 0.2) is 120 Å². The first-order valence-electron chi connectivity index (χ1n) is 12.8. The van der Waals surface area contributed by atoms with E-state index in [2.05, 4.69) is 20.3 Å². The highest BCUT2D eigenvalue weighted by molar-refractivity contribution is 6.08. The van der Waals surface area contributed by atoms with Crippen LogP contribution in [0, 0.1) is 20.2 Å². The van der Waals surface area contributed by atoms with Crippen LogP contribution in [-0.2, 0) is 0 Å². The van der Waals surface area contributed by atoms with Crippen molar-refractivity contribution >= 4 is 35.5 Å². The normalized spacial score (nSPS) is 11.1. The number of benzene rings is 4. The van der Waals surface area contributed by atoms with Gasteiger partial charge in [0.05, 0.1) is 15.9 Å². The van der Waals surface area contributed by atoms with E-state index in [0.29, 0.717) is 17.0 Å². The first kappa shape index (κ1) is 28.1. The molecule has 0 saturated heterocycles. The lowest BCUT2D eigenvalue weighted by molar-refractivity contribution is -0.394. The van der Waals surface area contributed by atoms with E-state index >= 15 is 0 Å². The third kappa shape index (κ3) is 6.49. The molecule has 0 aliphatic carbocycles. The van der Waals surface area contributed by atoms with Crippen molar-refractivity contribution in [3.05, 3.63) is 147 Å². The van der Waals surface area contributed by atoms with E-state index in [9.17, 15) is 25.0 Å². The minimum Gasteiger partial charge on any atom is -0.266 e. The minimum atomic E-state index is -0.987. The highest BCUT2D eigenvalue weighted by Crippen LogP contribution is 2.31. The molecule has 12 nitrogen and oxygen atoms in total. The molecule has 0 bridgehead atoms. The molecule has 5 aromatic rings. The molecule has 5 rings (SSSR count). The molecule has 0 N–H and O–H groups in total. The Bertz CT molecular complexity index is 1850. The Morgan fingerprint density at radius 2 is 1.35 bits per heavy atom. The monoisotopic (exact) mass is 571 g/mol. The fraction of sp³-hybridized carbons (Fsp3) is 0. The average Bonchev–Trinajstić information content (AvgIpc) is 3.05. The second kappa shape index (κ2) is 12.8. The van der Waals surface area contributed by atoms with Gasteiger partial charge in [-0.3, -0.25) is 25.0 Å². The van der Waals surface area contributed by atoms with Gasteiger partial charge in [-0.25, -0.2) is 4.98 Å². The summed E-state index contributed by atoms with van der Waals surface area (Å²) in [6.07, 6.45) is 4.62. The van der Waals surface area contributed by atoms with Gasteiger partial charge in [0, 0.05) is 23.4 Å². The number of nitro benzene ring substituents is 2. The molecular formula is C31H21N7O5. The number of carbonyl (C=O) groups is 1. The van der Waals surface area contributed by atoms with Crippen molar-refractivity contribution in [3.63, 3.8) is 0 Å². The molecule has 0 saturated carbocycles. The number of non-ortho nitro benzene ring substituents is 1. The minimum absolute atomic E-state index is 0.263. The van der Waals surface area contributed by atoms with Gasteiger partial charge in [-0.1, -0.05) is 97.1 Å². The summed E-state index contributed by atoms with van der Waals surface area (Å²) in [6.45, 7) is 0. The number of hydrazone groups is 1. The van der Waals surface area contributed by atoms with Crippen molar-refractivity contribution in [2.75, 3.05) is 5.01 Å². The molecular weight excluding hydrogens is 550 g/mol. The van der Waals surface area contributed by atoms with Crippen LogP contribution in [0.2, 0.25) is 0 Å². The third-order valence-corrected chi connectivity index (χ3v) is 6.13. The molecule has 12 heteroatoms. The van der Waals surface area contributed by atoms with E-state index in [4.69, 9.17) is 0 Å². The lowest BCUT2D eigenvalue weighted by atomic mass is 10.0. The molecule has 0 aliphatic heterocycles. The quantitative estimate of drug-likeness (QED) is 0.112. The maximum Gasteiger partial charge on any atom is 0.289 e. The van der Waals surface area contributed by atoms with Crippen molar-refractivity contribution in [3.8, 4) is 22.5 Å². The van der Waals surface area contributed by atoms with Gasteiger partial charge in [-0.2, -0.15) is 10.1 Å². The third-order valence-electron chi connectivity index (χ3n) is 6.13. The molecule has 0 unspecified atom stereocenters. The molecule has 0 fully saturated rings. The number of carbonyl (C=O) groups excluding carboxylic acids is 1. The highest BCUT2D eigenvalue weighted by atomic mass is 16.6. The van der Waals surface area contributed by atoms with Crippen molar-refractivity contribution in [2.24, 2.45) is 5.10 Å². The number of hydrogen-bond acceptors (Lipinski definition) is 9. The first-order chi connectivity index (χ1) is 20.9. The summed E-state index contributed by atoms with van der Waals surface area (Å²) in [6, 6.07) is 30.4. The lowest BCUT2D eigenvalue weighted by Crippen LogP contribution is -2.28. The summed E-state index contributed by atoms with van der Waals surface area (Å²) in [4.78, 5) is 39.9. The number of anilines is 1. The fourth-order valence-electron chi connectivity index (χ4n) is 4.09. The summed E-state index contributed by atoms with van der Waals surface area (Å²) >= 11 is 0. The Labute approximate surface area is 244 Å². The SMILES string of the molecule is O=C(c1ccc([N+](=O)[O-])cc1[N+](=O)[O-])N(/N=C\C=C\c1ccccc1)c1nnc(-c2ccccc2)c(-c2ccccc2)n1. The van der Waals surface area contributed by atoms with Crippen LogP contribution in [0.4, 0.5) is 17.3 Å². The Morgan fingerprint density at radius 1 is 0.744 bits per heavy atom. The van der Waals surface area contributed by atoms with Gasteiger partial charge in [0.1, 0.15) is 17.0 Å². The number of amides is 1.